The summed E-state index contributed by atoms with van der Waals surface area (Å²) in [6, 6.07) is 30.2. The molecule has 3 aromatic carbocycles. The third-order valence-corrected chi connectivity index (χ3v) is 5.72. The van der Waals surface area contributed by atoms with Crippen LogP contribution in [0.5, 0.6) is 5.75 Å². The molecule has 3 aromatic rings. The molecule has 0 saturated carbocycles. The molecule has 1 saturated heterocycles. The molecule has 1 N–H and O–H groups in total. The number of halogens is 1. The zero-order chi connectivity index (χ0) is 19.9. The monoisotopic (exact) mass is 423 g/mol. The summed E-state index contributed by atoms with van der Waals surface area (Å²) in [7, 11) is 1.70. The van der Waals surface area contributed by atoms with Gasteiger partial charge in [-0.2, -0.15) is 0 Å². The topological polar surface area (TPSA) is 30.5 Å². The maximum Gasteiger partial charge on any atom is 0.118 e. The van der Waals surface area contributed by atoms with E-state index in [4.69, 9.17) is 9.47 Å². The van der Waals surface area contributed by atoms with Crippen molar-refractivity contribution in [1.82, 2.24) is 5.32 Å². The molecule has 0 unspecified atom stereocenters. The van der Waals surface area contributed by atoms with Crippen molar-refractivity contribution in [2.24, 2.45) is 0 Å². The van der Waals surface area contributed by atoms with Crippen molar-refractivity contribution in [3.8, 4) is 5.75 Å². The van der Waals surface area contributed by atoms with E-state index in [0.717, 1.165) is 31.7 Å². The number of nitrogens with one attached hydrogen (secondary N) is 1. The van der Waals surface area contributed by atoms with E-state index in [-0.39, 0.29) is 24.4 Å². The molecule has 1 aliphatic heterocycles. The molecule has 158 valence electrons. The molecule has 4 rings (SSSR count). The highest BCUT2D eigenvalue weighted by Gasteiger charge is 2.33. The number of ether oxygens (including phenoxy) is 2. The van der Waals surface area contributed by atoms with Gasteiger partial charge in [0.1, 0.15) is 5.75 Å². The predicted molar refractivity (Wildman–Crippen MR) is 125 cm³/mol. The lowest BCUT2D eigenvalue weighted by molar-refractivity contribution is 0.0960. The van der Waals surface area contributed by atoms with Crippen molar-refractivity contribution in [2.45, 2.75) is 30.9 Å². The molecule has 1 fully saturated rings. The number of rotatable bonds is 8. The second kappa shape index (κ2) is 11.2. The van der Waals surface area contributed by atoms with Crippen LogP contribution in [0.2, 0.25) is 0 Å². The first kappa shape index (κ1) is 22.4. The SMILES string of the molecule is COc1ccc(CCN[C@@H]2CO[C@H](C(c3ccccc3)c3ccccc3)C2)cc1.Cl. The predicted octanol–water partition coefficient (Wildman–Crippen LogP) is 5.24. The number of benzene rings is 3. The van der Waals surface area contributed by atoms with Crippen LogP contribution in [0, 0.1) is 0 Å². The molecule has 1 heterocycles. The minimum Gasteiger partial charge on any atom is -0.497 e. The smallest absolute Gasteiger partial charge is 0.118 e. The molecule has 2 atom stereocenters. The maximum atomic E-state index is 6.29. The van der Waals surface area contributed by atoms with Gasteiger partial charge < -0.3 is 14.8 Å². The Morgan fingerprint density at radius 2 is 1.50 bits per heavy atom. The molecule has 0 bridgehead atoms. The van der Waals surface area contributed by atoms with Crippen LogP contribution in [0.3, 0.4) is 0 Å². The first-order valence-electron chi connectivity index (χ1n) is 10.4. The van der Waals surface area contributed by atoms with Crippen LogP contribution in [-0.4, -0.2) is 32.4 Å². The Morgan fingerprint density at radius 3 is 2.07 bits per heavy atom. The fourth-order valence-corrected chi connectivity index (χ4v) is 4.19. The lowest BCUT2D eigenvalue weighted by Crippen LogP contribution is -2.31. The van der Waals surface area contributed by atoms with E-state index >= 15 is 0 Å². The van der Waals surface area contributed by atoms with Crippen molar-refractivity contribution >= 4 is 12.4 Å². The Labute approximate surface area is 185 Å². The number of hydrogen-bond acceptors (Lipinski definition) is 3. The first-order valence-corrected chi connectivity index (χ1v) is 10.4. The van der Waals surface area contributed by atoms with E-state index in [1.807, 2.05) is 12.1 Å². The Bertz CT molecular complexity index is 831. The summed E-state index contributed by atoms with van der Waals surface area (Å²) in [4.78, 5) is 0. The van der Waals surface area contributed by atoms with E-state index in [1.165, 1.54) is 16.7 Å². The van der Waals surface area contributed by atoms with Crippen molar-refractivity contribution in [3.05, 3.63) is 102 Å². The van der Waals surface area contributed by atoms with Gasteiger partial charge in [0.05, 0.1) is 19.8 Å². The average Bonchev–Trinajstić information content (AvgIpc) is 3.24. The summed E-state index contributed by atoms with van der Waals surface area (Å²) in [5, 5.41) is 3.69. The van der Waals surface area contributed by atoms with Crippen LogP contribution >= 0.6 is 12.4 Å². The normalized spacial score (nSPS) is 18.2. The van der Waals surface area contributed by atoms with E-state index in [0.29, 0.717) is 6.04 Å². The summed E-state index contributed by atoms with van der Waals surface area (Å²) in [6.45, 7) is 1.72. The van der Waals surface area contributed by atoms with Gasteiger partial charge in [-0.3, -0.25) is 0 Å². The van der Waals surface area contributed by atoms with Gasteiger partial charge in [0.25, 0.3) is 0 Å². The minimum atomic E-state index is 0. The van der Waals surface area contributed by atoms with Gasteiger partial charge in [-0.25, -0.2) is 0 Å². The van der Waals surface area contributed by atoms with Crippen LogP contribution in [0.4, 0.5) is 0 Å². The Hall–Kier alpha value is -2.33. The number of hydrogen-bond donors (Lipinski definition) is 1. The van der Waals surface area contributed by atoms with Crippen LogP contribution in [0.1, 0.15) is 29.0 Å². The second-order valence-electron chi connectivity index (χ2n) is 7.66. The zero-order valence-corrected chi connectivity index (χ0v) is 18.2. The minimum absolute atomic E-state index is 0. The van der Waals surface area contributed by atoms with Crippen LogP contribution in [0.15, 0.2) is 84.9 Å². The fraction of sp³-hybridized carbons (Fsp3) is 0.308. The largest absolute Gasteiger partial charge is 0.497 e. The highest BCUT2D eigenvalue weighted by atomic mass is 35.5. The van der Waals surface area contributed by atoms with Gasteiger partial charge in [-0.1, -0.05) is 72.8 Å². The lowest BCUT2D eigenvalue weighted by Gasteiger charge is -2.24. The van der Waals surface area contributed by atoms with Crippen molar-refractivity contribution in [1.29, 1.82) is 0 Å². The van der Waals surface area contributed by atoms with Gasteiger partial charge in [0, 0.05) is 12.0 Å². The molecule has 3 nitrogen and oxygen atoms in total. The highest BCUT2D eigenvalue weighted by molar-refractivity contribution is 5.85. The van der Waals surface area contributed by atoms with Crippen LogP contribution in [-0.2, 0) is 11.2 Å². The summed E-state index contributed by atoms with van der Waals surface area (Å²) >= 11 is 0. The molecule has 0 spiro atoms. The fourth-order valence-electron chi connectivity index (χ4n) is 4.19. The van der Waals surface area contributed by atoms with E-state index in [2.05, 4.69) is 78.1 Å². The highest BCUT2D eigenvalue weighted by Crippen LogP contribution is 2.34. The van der Waals surface area contributed by atoms with Crippen molar-refractivity contribution in [2.75, 3.05) is 20.3 Å². The average molecular weight is 424 g/mol. The summed E-state index contributed by atoms with van der Waals surface area (Å²) in [5.74, 6) is 1.17. The van der Waals surface area contributed by atoms with Crippen LogP contribution < -0.4 is 10.1 Å². The summed E-state index contributed by atoms with van der Waals surface area (Å²) in [6.07, 6.45) is 2.22. The molecular weight excluding hydrogens is 394 g/mol. The molecule has 30 heavy (non-hydrogen) atoms. The third kappa shape index (κ3) is 5.63. The Morgan fingerprint density at radius 1 is 0.900 bits per heavy atom. The molecule has 1 aliphatic rings. The van der Waals surface area contributed by atoms with Gasteiger partial charge in [0.15, 0.2) is 0 Å². The Kier molecular flexibility index (Phi) is 8.32. The number of methoxy groups -OCH3 is 1. The van der Waals surface area contributed by atoms with Crippen LogP contribution in [0.25, 0.3) is 0 Å². The quantitative estimate of drug-likeness (QED) is 0.537. The molecule has 0 radical (unpaired) electrons. The van der Waals surface area contributed by atoms with E-state index in [1.54, 1.807) is 7.11 Å². The zero-order valence-electron chi connectivity index (χ0n) is 17.4. The first-order chi connectivity index (χ1) is 14.3. The standard InChI is InChI=1S/C26H29NO2.ClH/c1-28-24-14-12-20(13-15-24)16-17-27-23-18-25(29-19-23)26(21-8-4-2-5-9-21)22-10-6-3-7-11-22;/h2-15,23,25-27H,16-19H2,1H3;1H/t23-,25-;/m0./s1. The van der Waals surface area contributed by atoms with Gasteiger partial charge >= 0.3 is 0 Å². The molecule has 0 amide bonds. The van der Waals surface area contributed by atoms with Gasteiger partial charge in [-0.15, -0.1) is 12.4 Å². The summed E-state index contributed by atoms with van der Waals surface area (Å²) in [5.41, 5.74) is 3.96. The van der Waals surface area contributed by atoms with Crippen molar-refractivity contribution < 1.29 is 9.47 Å². The molecular formula is C26H30ClNO2. The second-order valence-corrected chi connectivity index (χ2v) is 7.66. The van der Waals surface area contributed by atoms with Crippen molar-refractivity contribution in [3.63, 3.8) is 0 Å². The molecule has 4 heteroatoms. The Balaban J connectivity index is 0.00000256. The maximum absolute atomic E-state index is 6.29. The van der Waals surface area contributed by atoms with Gasteiger partial charge in [-0.05, 0) is 48.2 Å². The third-order valence-electron chi connectivity index (χ3n) is 5.72. The molecule has 0 aromatic heterocycles. The molecule has 0 aliphatic carbocycles. The van der Waals surface area contributed by atoms with E-state index in [9.17, 15) is 0 Å². The van der Waals surface area contributed by atoms with Gasteiger partial charge in [0.2, 0.25) is 0 Å². The van der Waals surface area contributed by atoms with E-state index < -0.39 is 0 Å². The summed E-state index contributed by atoms with van der Waals surface area (Å²) < 4.78 is 11.5. The lowest BCUT2D eigenvalue weighted by atomic mass is 9.85.